The van der Waals surface area contributed by atoms with E-state index in [-0.39, 0.29) is 0 Å². The van der Waals surface area contributed by atoms with Gasteiger partial charge in [-0.1, -0.05) is 0 Å². The van der Waals surface area contributed by atoms with Crippen LogP contribution in [0.3, 0.4) is 0 Å². The van der Waals surface area contributed by atoms with Crippen LogP contribution in [0, 0.1) is 19.8 Å². The molecule has 0 bridgehead atoms. The van der Waals surface area contributed by atoms with Crippen LogP contribution in [0.5, 0.6) is 0 Å². The Morgan fingerprint density at radius 3 is 2.69 bits per heavy atom. The van der Waals surface area contributed by atoms with Gasteiger partial charge in [0.25, 0.3) is 0 Å². The van der Waals surface area contributed by atoms with Gasteiger partial charge in [-0.2, -0.15) is 0 Å². The highest BCUT2D eigenvalue weighted by Crippen LogP contribution is 2.26. The highest BCUT2D eigenvalue weighted by atomic mass is 19.3. The van der Waals surface area contributed by atoms with Crippen LogP contribution in [0.2, 0.25) is 0 Å². The summed E-state index contributed by atoms with van der Waals surface area (Å²) in [6.07, 6.45) is -1.69. The number of aryl methyl sites for hydroxylation is 2. The van der Waals surface area contributed by atoms with Crippen molar-refractivity contribution in [3.05, 3.63) is 17.6 Å². The first-order chi connectivity index (χ1) is 7.56. The molecule has 1 fully saturated rings. The third kappa shape index (κ3) is 2.28. The molecule has 0 amide bonds. The van der Waals surface area contributed by atoms with Crippen molar-refractivity contribution in [1.82, 2.24) is 9.97 Å². The Hall–Kier alpha value is -1.26. The molecule has 1 aromatic rings. The molecule has 5 heteroatoms. The summed E-state index contributed by atoms with van der Waals surface area (Å²) in [4.78, 5) is 10.4. The van der Waals surface area contributed by atoms with Crippen LogP contribution >= 0.6 is 0 Å². The third-order valence-electron chi connectivity index (χ3n) is 2.86. The molecular weight excluding hydrogens is 212 g/mol. The zero-order valence-electron chi connectivity index (χ0n) is 9.45. The summed E-state index contributed by atoms with van der Waals surface area (Å²) in [7, 11) is 0. The summed E-state index contributed by atoms with van der Waals surface area (Å²) in [5, 5.41) is 0. The van der Waals surface area contributed by atoms with E-state index in [0.717, 1.165) is 11.5 Å². The van der Waals surface area contributed by atoms with Crippen LogP contribution in [-0.4, -0.2) is 29.5 Å². The van der Waals surface area contributed by atoms with E-state index in [1.165, 1.54) is 0 Å². The van der Waals surface area contributed by atoms with Crippen molar-refractivity contribution in [2.24, 2.45) is 5.92 Å². The van der Waals surface area contributed by atoms with Crippen molar-refractivity contribution < 1.29 is 8.78 Å². The maximum Gasteiger partial charge on any atom is 0.243 e. The summed E-state index contributed by atoms with van der Waals surface area (Å²) in [6, 6.07) is 1.85. The highest BCUT2D eigenvalue weighted by Gasteiger charge is 2.30. The van der Waals surface area contributed by atoms with Crippen molar-refractivity contribution in [3.63, 3.8) is 0 Å². The Labute approximate surface area is 93.5 Å². The predicted octanol–water partition coefficient (Wildman–Crippen LogP) is 2.18. The standard InChI is InChI=1S/C11H15F2N3/c1-7-5-10(15-8(2)14-7)16-4-3-9(6-16)11(12)13/h5,9,11H,3-4,6H2,1-2H3. The van der Waals surface area contributed by atoms with Gasteiger partial charge in [0.2, 0.25) is 6.43 Å². The molecule has 1 aliphatic heterocycles. The van der Waals surface area contributed by atoms with E-state index in [4.69, 9.17) is 0 Å². The van der Waals surface area contributed by atoms with Gasteiger partial charge in [-0.3, -0.25) is 0 Å². The van der Waals surface area contributed by atoms with E-state index < -0.39 is 12.3 Å². The Kier molecular flexibility index (Phi) is 3.03. The SMILES string of the molecule is Cc1cc(N2CCC(C(F)F)C2)nc(C)n1. The molecule has 16 heavy (non-hydrogen) atoms. The van der Waals surface area contributed by atoms with Gasteiger partial charge >= 0.3 is 0 Å². The third-order valence-corrected chi connectivity index (χ3v) is 2.86. The van der Waals surface area contributed by atoms with Gasteiger partial charge in [0.15, 0.2) is 0 Å². The second-order valence-corrected chi connectivity index (χ2v) is 4.24. The minimum Gasteiger partial charge on any atom is -0.356 e. The fraction of sp³-hybridized carbons (Fsp3) is 0.636. The molecule has 1 atom stereocenters. The zero-order chi connectivity index (χ0) is 11.7. The quantitative estimate of drug-likeness (QED) is 0.775. The molecule has 3 nitrogen and oxygen atoms in total. The minimum absolute atomic E-state index is 0.396. The number of hydrogen-bond acceptors (Lipinski definition) is 3. The lowest BCUT2D eigenvalue weighted by Crippen LogP contribution is -2.23. The molecule has 0 N–H and O–H groups in total. The largest absolute Gasteiger partial charge is 0.356 e. The fourth-order valence-corrected chi connectivity index (χ4v) is 2.06. The van der Waals surface area contributed by atoms with Crippen LogP contribution in [0.4, 0.5) is 14.6 Å². The lowest BCUT2D eigenvalue weighted by atomic mass is 10.1. The lowest BCUT2D eigenvalue weighted by Gasteiger charge is -2.18. The molecule has 2 rings (SSSR count). The van der Waals surface area contributed by atoms with Gasteiger partial charge in [0.1, 0.15) is 11.6 Å². The normalized spacial score (nSPS) is 20.8. The van der Waals surface area contributed by atoms with Crippen molar-refractivity contribution in [2.45, 2.75) is 26.7 Å². The summed E-state index contributed by atoms with van der Waals surface area (Å²) in [5.74, 6) is 0.944. The number of halogens is 2. The van der Waals surface area contributed by atoms with Gasteiger partial charge in [-0.05, 0) is 20.3 Å². The van der Waals surface area contributed by atoms with Crippen LogP contribution in [0.15, 0.2) is 6.07 Å². The van der Waals surface area contributed by atoms with Crippen LogP contribution in [-0.2, 0) is 0 Å². The second kappa shape index (κ2) is 4.31. The molecule has 2 heterocycles. The van der Waals surface area contributed by atoms with Crippen LogP contribution < -0.4 is 4.90 Å². The Balaban J connectivity index is 2.14. The molecule has 0 aromatic carbocycles. The number of rotatable bonds is 2. The maximum absolute atomic E-state index is 12.5. The topological polar surface area (TPSA) is 29.0 Å². The highest BCUT2D eigenvalue weighted by molar-refractivity contribution is 5.40. The molecule has 1 unspecified atom stereocenters. The van der Waals surface area contributed by atoms with E-state index in [2.05, 4.69) is 9.97 Å². The molecule has 1 saturated heterocycles. The number of alkyl halides is 2. The lowest BCUT2D eigenvalue weighted by molar-refractivity contribution is 0.0880. The fourth-order valence-electron chi connectivity index (χ4n) is 2.06. The average Bonchev–Trinajstić information content (AvgIpc) is 2.64. The molecule has 0 saturated carbocycles. The van der Waals surface area contributed by atoms with Gasteiger partial charge in [-0.15, -0.1) is 0 Å². The Morgan fingerprint density at radius 2 is 2.12 bits per heavy atom. The molecule has 0 spiro atoms. The smallest absolute Gasteiger partial charge is 0.243 e. The van der Waals surface area contributed by atoms with Crippen LogP contribution in [0.1, 0.15) is 17.9 Å². The summed E-state index contributed by atoms with van der Waals surface area (Å²) in [5.41, 5.74) is 0.878. The number of nitrogens with zero attached hydrogens (tertiary/aromatic N) is 3. The minimum atomic E-state index is -2.23. The summed E-state index contributed by atoms with van der Waals surface area (Å²) < 4.78 is 25.1. The first kappa shape index (κ1) is 11.2. The summed E-state index contributed by atoms with van der Waals surface area (Å²) >= 11 is 0. The molecule has 0 radical (unpaired) electrons. The number of anilines is 1. The van der Waals surface area contributed by atoms with Crippen molar-refractivity contribution in [1.29, 1.82) is 0 Å². The Morgan fingerprint density at radius 1 is 1.38 bits per heavy atom. The second-order valence-electron chi connectivity index (χ2n) is 4.24. The van der Waals surface area contributed by atoms with E-state index in [0.29, 0.717) is 25.3 Å². The van der Waals surface area contributed by atoms with Crippen LogP contribution in [0.25, 0.3) is 0 Å². The molecule has 0 aliphatic carbocycles. The number of aromatic nitrogens is 2. The summed E-state index contributed by atoms with van der Waals surface area (Å²) in [6.45, 7) is 4.76. The van der Waals surface area contributed by atoms with E-state index in [1.54, 1.807) is 0 Å². The van der Waals surface area contributed by atoms with E-state index in [1.807, 2.05) is 24.8 Å². The Bertz CT molecular complexity index is 361. The number of hydrogen-bond donors (Lipinski definition) is 0. The van der Waals surface area contributed by atoms with Crippen molar-refractivity contribution >= 4 is 5.82 Å². The van der Waals surface area contributed by atoms with Crippen molar-refractivity contribution in [3.8, 4) is 0 Å². The average molecular weight is 227 g/mol. The monoisotopic (exact) mass is 227 g/mol. The van der Waals surface area contributed by atoms with E-state index in [9.17, 15) is 8.78 Å². The van der Waals surface area contributed by atoms with Crippen molar-refractivity contribution in [2.75, 3.05) is 18.0 Å². The molecule has 88 valence electrons. The molecule has 1 aromatic heterocycles. The first-order valence-corrected chi connectivity index (χ1v) is 5.41. The molecular formula is C11H15F2N3. The van der Waals surface area contributed by atoms with Gasteiger partial charge in [0, 0.05) is 30.8 Å². The van der Waals surface area contributed by atoms with Gasteiger partial charge < -0.3 is 4.90 Å². The first-order valence-electron chi connectivity index (χ1n) is 5.41. The maximum atomic E-state index is 12.5. The van der Waals surface area contributed by atoms with Gasteiger partial charge in [-0.25, -0.2) is 18.7 Å². The van der Waals surface area contributed by atoms with Gasteiger partial charge in [0.05, 0.1) is 0 Å². The molecule has 1 aliphatic rings. The van der Waals surface area contributed by atoms with E-state index >= 15 is 0 Å². The zero-order valence-corrected chi connectivity index (χ0v) is 9.45. The predicted molar refractivity (Wildman–Crippen MR) is 57.8 cm³/mol.